The lowest BCUT2D eigenvalue weighted by Crippen LogP contribution is -2.12. The van der Waals surface area contributed by atoms with Crippen molar-refractivity contribution >= 4 is 51.2 Å². The van der Waals surface area contributed by atoms with Crippen LogP contribution in [0.15, 0.2) is 42.7 Å². The zero-order chi connectivity index (χ0) is 12.3. The van der Waals surface area contributed by atoms with E-state index in [1.54, 1.807) is 18.5 Å². The Morgan fingerprint density at radius 2 is 2.18 bits per heavy atom. The van der Waals surface area contributed by atoms with Crippen molar-refractivity contribution in [2.45, 2.75) is 0 Å². The molecule has 3 nitrogen and oxygen atoms in total. The molecule has 0 amide bonds. The molecule has 1 aromatic carbocycles. The van der Waals surface area contributed by atoms with Crippen molar-refractivity contribution in [3.8, 4) is 0 Å². The Labute approximate surface area is 119 Å². The molecule has 0 spiro atoms. The number of nitrogens with one attached hydrogen (secondary N) is 1. The highest BCUT2D eigenvalue weighted by Crippen LogP contribution is 2.21. The smallest absolute Gasteiger partial charge is 0.106 e. The molecule has 0 aliphatic carbocycles. The first-order valence-electron chi connectivity index (χ1n) is 4.93. The third-order valence-electron chi connectivity index (χ3n) is 2.19. The van der Waals surface area contributed by atoms with E-state index in [1.165, 1.54) is 0 Å². The lowest BCUT2D eigenvalue weighted by molar-refractivity contribution is 1.31. The number of aromatic nitrogens is 1. The van der Waals surface area contributed by atoms with Crippen LogP contribution in [-0.4, -0.2) is 9.97 Å². The molecular weight excluding hydrogens is 345 g/mol. The van der Waals surface area contributed by atoms with Gasteiger partial charge in [0.15, 0.2) is 0 Å². The Morgan fingerprint density at radius 1 is 1.35 bits per heavy atom. The predicted molar refractivity (Wildman–Crippen MR) is 82.6 cm³/mol. The summed E-state index contributed by atoms with van der Waals surface area (Å²) in [5.74, 6) is 0. The number of nitrogens with two attached hydrogens (primary N) is 1. The number of hydrogen-bond acceptors (Lipinski definition) is 3. The van der Waals surface area contributed by atoms with Gasteiger partial charge >= 0.3 is 0 Å². The summed E-state index contributed by atoms with van der Waals surface area (Å²) in [7, 11) is 0. The zero-order valence-electron chi connectivity index (χ0n) is 8.85. The minimum Gasteiger partial charge on any atom is -0.389 e. The second-order valence-corrected chi connectivity index (χ2v) is 5.11. The number of halogens is 1. The van der Waals surface area contributed by atoms with Crippen molar-refractivity contribution in [3.63, 3.8) is 0 Å². The van der Waals surface area contributed by atoms with Gasteiger partial charge < -0.3 is 11.1 Å². The Morgan fingerprint density at radius 3 is 2.88 bits per heavy atom. The lowest BCUT2D eigenvalue weighted by atomic mass is 10.2. The van der Waals surface area contributed by atoms with Gasteiger partial charge in [-0.05, 0) is 46.9 Å². The average molecular weight is 355 g/mol. The second kappa shape index (κ2) is 5.42. The number of benzene rings is 1. The summed E-state index contributed by atoms with van der Waals surface area (Å²) in [6.07, 6.45) is 3.39. The molecule has 0 fully saturated rings. The van der Waals surface area contributed by atoms with E-state index in [0.717, 1.165) is 20.5 Å². The minimum atomic E-state index is 0.362. The van der Waals surface area contributed by atoms with Crippen molar-refractivity contribution in [2.75, 3.05) is 5.32 Å². The minimum absolute atomic E-state index is 0.362. The maximum absolute atomic E-state index is 5.66. The third-order valence-corrected chi connectivity index (χ3v) is 3.08. The largest absolute Gasteiger partial charge is 0.389 e. The molecule has 2 aromatic rings. The molecule has 17 heavy (non-hydrogen) atoms. The highest BCUT2D eigenvalue weighted by molar-refractivity contribution is 14.1. The standard InChI is InChI=1S/C12H10IN3S/c13-8-2-1-3-9(6-8)16-11-7-15-5-4-10(11)12(14)17/h1-7,16H,(H2,14,17). The van der Waals surface area contributed by atoms with Gasteiger partial charge in [-0.25, -0.2) is 0 Å². The fraction of sp³-hybridized carbons (Fsp3) is 0. The summed E-state index contributed by atoms with van der Waals surface area (Å²) in [5.41, 5.74) is 8.27. The van der Waals surface area contributed by atoms with Crippen molar-refractivity contribution in [2.24, 2.45) is 5.73 Å². The molecule has 3 N–H and O–H groups in total. The first-order chi connectivity index (χ1) is 8.16. The van der Waals surface area contributed by atoms with E-state index in [-0.39, 0.29) is 0 Å². The lowest BCUT2D eigenvalue weighted by Gasteiger charge is -2.10. The average Bonchev–Trinajstić information content (AvgIpc) is 2.29. The Bertz CT molecular complexity index is 557. The molecule has 0 aliphatic rings. The van der Waals surface area contributed by atoms with E-state index in [4.69, 9.17) is 18.0 Å². The van der Waals surface area contributed by atoms with E-state index < -0.39 is 0 Å². The van der Waals surface area contributed by atoms with Gasteiger partial charge in [0.05, 0.1) is 11.9 Å². The second-order valence-electron chi connectivity index (χ2n) is 3.42. The van der Waals surface area contributed by atoms with Crippen LogP contribution in [0.3, 0.4) is 0 Å². The normalized spacial score (nSPS) is 9.94. The Kier molecular flexibility index (Phi) is 3.90. The number of anilines is 2. The van der Waals surface area contributed by atoms with Gasteiger partial charge in [0.25, 0.3) is 0 Å². The summed E-state index contributed by atoms with van der Waals surface area (Å²) >= 11 is 7.26. The van der Waals surface area contributed by atoms with Crippen LogP contribution in [-0.2, 0) is 0 Å². The molecule has 2 rings (SSSR count). The summed E-state index contributed by atoms with van der Waals surface area (Å²) < 4.78 is 1.16. The summed E-state index contributed by atoms with van der Waals surface area (Å²) in [5, 5.41) is 3.26. The van der Waals surface area contributed by atoms with E-state index in [0.29, 0.717) is 4.99 Å². The molecule has 0 unspecified atom stereocenters. The van der Waals surface area contributed by atoms with Crippen LogP contribution in [0.2, 0.25) is 0 Å². The van der Waals surface area contributed by atoms with Crippen LogP contribution >= 0.6 is 34.8 Å². The van der Waals surface area contributed by atoms with Gasteiger partial charge in [0.1, 0.15) is 4.99 Å². The van der Waals surface area contributed by atoms with E-state index in [9.17, 15) is 0 Å². The van der Waals surface area contributed by atoms with Crippen molar-refractivity contribution in [1.82, 2.24) is 4.98 Å². The maximum Gasteiger partial charge on any atom is 0.106 e. The van der Waals surface area contributed by atoms with Gasteiger partial charge in [0, 0.05) is 21.0 Å². The molecule has 0 saturated carbocycles. The van der Waals surface area contributed by atoms with Crippen LogP contribution in [0.25, 0.3) is 0 Å². The third kappa shape index (κ3) is 3.13. The van der Waals surface area contributed by atoms with Crippen molar-refractivity contribution in [1.29, 1.82) is 0 Å². The zero-order valence-corrected chi connectivity index (χ0v) is 11.8. The number of rotatable bonds is 3. The number of thiocarbonyl (C=S) groups is 1. The fourth-order valence-corrected chi connectivity index (χ4v) is 2.15. The van der Waals surface area contributed by atoms with Gasteiger partial charge in [-0.3, -0.25) is 4.98 Å². The molecule has 0 aliphatic heterocycles. The van der Waals surface area contributed by atoms with E-state index in [2.05, 4.69) is 32.9 Å². The summed E-state index contributed by atoms with van der Waals surface area (Å²) in [6.45, 7) is 0. The maximum atomic E-state index is 5.66. The van der Waals surface area contributed by atoms with Gasteiger partial charge in [0.2, 0.25) is 0 Å². The highest BCUT2D eigenvalue weighted by atomic mass is 127. The first-order valence-corrected chi connectivity index (χ1v) is 6.42. The van der Waals surface area contributed by atoms with Crippen LogP contribution < -0.4 is 11.1 Å². The fourth-order valence-electron chi connectivity index (χ4n) is 1.43. The highest BCUT2D eigenvalue weighted by Gasteiger charge is 2.05. The van der Waals surface area contributed by atoms with Crippen LogP contribution in [0.1, 0.15) is 5.56 Å². The summed E-state index contributed by atoms with van der Waals surface area (Å²) in [6, 6.07) is 9.85. The molecule has 1 aromatic heterocycles. The monoisotopic (exact) mass is 355 g/mol. The molecule has 86 valence electrons. The van der Waals surface area contributed by atoms with Crippen molar-refractivity contribution in [3.05, 3.63) is 51.9 Å². The van der Waals surface area contributed by atoms with Crippen LogP contribution in [0, 0.1) is 3.57 Å². The van der Waals surface area contributed by atoms with E-state index >= 15 is 0 Å². The topological polar surface area (TPSA) is 50.9 Å². The molecule has 0 saturated heterocycles. The molecule has 5 heteroatoms. The molecular formula is C12H10IN3S. The van der Waals surface area contributed by atoms with Gasteiger partial charge in [-0.1, -0.05) is 18.3 Å². The quantitative estimate of drug-likeness (QED) is 0.656. The Hall–Kier alpha value is -1.21. The molecule has 0 atom stereocenters. The summed E-state index contributed by atoms with van der Waals surface area (Å²) in [4.78, 5) is 4.43. The molecule has 1 heterocycles. The Balaban J connectivity index is 2.33. The van der Waals surface area contributed by atoms with Crippen LogP contribution in [0.5, 0.6) is 0 Å². The van der Waals surface area contributed by atoms with Gasteiger partial charge in [-0.15, -0.1) is 0 Å². The predicted octanol–water partition coefficient (Wildman–Crippen LogP) is 3.06. The van der Waals surface area contributed by atoms with Crippen molar-refractivity contribution < 1.29 is 0 Å². The SMILES string of the molecule is NC(=S)c1ccncc1Nc1cccc(I)c1. The number of pyridine rings is 1. The first kappa shape index (κ1) is 12.3. The van der Waals surface area contributed by atoms with Gasteiger partial charge in [-0.2, -0.15) is 0 Å². The molecule has 0 radical (unpaired) electrons. The number of hydrogen-bond donors (Lipinski definition) is 2. The van der Waals surface area contributed by atoms with Crippen LogP contribution in [0.4, 0.5) is 11.4 Å². The molecule has 0 bridgehead atoms. The van der Waals surface area contributed by atoms with E-state index in [1.807, 2.05) is 24.3 Å². The number of nitrogens with zero attached hydrogens (tertiary/aromatic N) is 1.